The van der Waals surface area contributed by atoms with Crippen LogP contribution in [0, 0.1) is 12.8 Å². The predicted octanol–water partition coefficient (Wildman–Crippen LogP) is 0.649. The molecule has 0 saturated carbocycles. The second kappa shape index (κ2) is 4.10. The number of nitrogens with zero attached hydrogens (tertiary/aromatic N) is 2. The van der Waals surface area contributed by atoms with Crippen LogP contribution in [0.25, 0.3) is 0 Å². The number of amides is 1. The average molecular weight is 292 g/mol. The van der Waals surface area contributed by atoms with E-state index in [4.69, 9.17) is 4.74 Å². The Morgan fingerprint density at radius 1 is 1.38 bits per heavy atom. The molecule has 1 amide bonds. The molecule has 2 aliphatic heterocycles. The summed E-state index contributed by atoms with van der Waals surface area (Å²) >= 11 is 0. The van der Waals surface area contributed by atoms with Crippen LogP contribution in [0.3, 0.4) is 0 Å². The van der Waals surface area contributed by atoms with Gasteiger partial charge in [0.2, 0.25) is 5.43 Å². The Balaban J connectivity index is 2.51. The second-order valence-corrected chi connectivity index (χ2v) is 6.31. The van der Waals surface area contributed by atoms with Gasteiger partial charge in [-0.15, -0.1) is 0 Å². The van der Waals surface area contributed by atoms with E-state index in [0.29, 0.717) is 17.8 Å². The molecule has 0 fully saturated rings. The quantitative estimate of drug-likeness (QED) is 0.825. The molecule has 6 nitrogen and oxygen atoms in total. The van der Waals surface area contributed by atoms with Gasteiger partial charge < -0.3 is 19.3 Å². The van der Waals surface area contributed by atoms with Crippen molar-refractivity contribution in [3.05, 3.63) is 27.2 Å². The number of carbonyl (C=O) groups is 1. The zero-order valence-corrected chi connectivity index (χ0v) is 12.9. The lowest BCUT2D eigenvalue weighted by atomic mass is 9.84. The summed E-state index contributed by atoms with van der Waals surface area (Å²) in [5, 5.41) is 10.6. The molecular weight excluding hydrogens is 272 g/mol. The Morgan fingerprint density at radius 2 is 2.00 bits per heavy atom. The molecule has 0 aliphatic carbocycles. The number of carbonyl (C=O) groups excluding carboxylic acids is 1. The van der Waals surface area contributed by atoms with Crippen molar-refractivity contribution in [2.75, 3.05) is 20.7 Å². The minimum Gasteiger partial charge on any atom is -0.491 e. The molecule has 6 heteroatoms. The first-order valence-electron chi connectivity index (χ1n) is 7.03. The number of likely N-dealkylation sites (N-methyl/N-ethyl adjacent to an activating group) is 1. The number of hydrogen-bond acceptors (Lipinski definition) is 4. The molecule has 0 aromatic carbocycles. The molecule has 3 unspecified atom stereocenters. The molecule has 0 saturated heterocycles. The molecule has 21 heavy (non-hydrogen) atoms. The topological polar surface area (TPSA) is 71.8 Å². The van der Waals surface area contributed by atoms with Crippen LogP contribution in [0.5, 0.6) is 5.75 Å². The van der Waals surface area contributed by atoms with Crippen molar-refractivity contribution in [1.82, 2.24) is 9.47 Å². The first-order valence-corrected chi connectivity index (χ1v) is 7.03. The van der Waals surface area contributed by atoms with Gasteiger partial charge in [-0.3, -0.25) is 9.59 Å². The highest BCUT2D eigenvalue weighted by atomic mass is 16.5. The van der Waals surface area contributed by atoms with E-state index in [9.17, 15) is 14.7 Å². The zero-order valence-electron chi connectivity index (χ0n) is 12.9. The van der Waals surface area contributed by atoms with Crippen LogP contribution in [-0.4, -0.2) is 41.2 Å². The number of hydrogen-bond donors (Lipinski definition) is 1. The Labute approximate surface area is 122 Å². The number of aromatic nitrogens is 1. The summed E-state index contributed by atoms with van der Waals surface area (Å²) in [4.78, 5) is 26.6. The van der Waals surface area contributed by atoms with Crippen molar-refractivity contribution < 1.29 is 14.6 Å². The first-order chi connectivity index (χ1) is 9.75. The maximum absolute atomic E-state index is 12.5. The van der Waals surface area contributed by atoms with Gasteiger partial charge in [0.25, 0.3) is 5.91 Å². The van der Waals surface area contributed by atoms with Crippen LogP contribution in [0.4, 0.5) is 0 Å². The Kier molecular flexibility index (Phi) is 2.76. The Bertz CT molecular complexity index is 709. The number of aliphatic hydroxyl groups excluding tert-OH is 1. The number of rotatable bonds is 1. The number of aliphatic hydroxyl groups is 1. The molecule has 1 N–H and O–H groups in total. The Morgan fingerprint density at radius 3 is 2.57 bits per heavy atom. The molecule has 114 valence electrons. The van der Waals surface area contributed by atoms with Gasteiger partial charge >= 0.3 is 0 Å². The van der Waals surface area contributed by atoms with Gasteiger partial charge in [-0.05, 0) is 13.8 Å². The molecule has 3 rings (SSSR count). The van der Waals surface area contributed by atoms with E-state index < -0.39 is 11.6 Å². The van der Waals surface area contributed by atoms with Crippen LogP contribution in [0.2, 0.25) is 0 Å². The minimum absolute atomic E-state index is 0.0697. The smallest absolute Gasteiger partial charge is 0.274 e. The van der Waals surface area contributed by atoms with Crippen LogP contribution in [0.15, 0.2) is 4.79 Å². The largest absolute Gasteiger partial charge is 0.491 e. The summed E-state index contributed by atoms with van der Waals surface area (Å²) in [7, 11) is 3.10. The predicted molar refractivity (Wildman–Crippen MR) is 76.7 cm³/mol. The third-order valence-electron chi connectivity index (χ3n) is 5.17. The summed E-state index contributed by atoms with van der Waals surface area (Å²) in [6.45, 7) is 6.13. The van der Waals surface area contributed by atoms with E-state index in [-0.39, 0.29) is 28.7 Å². The van der Waals surface area contributed by atoms with E-state index in [1.807, 2.05) is 18.4 Å². The minimum atomic E-state index is -0.758. The van der Waals surface area contributed by atoms with E-state index in [2.05, 4.69) is 0 Å². The summed E-state index contributed by atoms with van der Waals surface area (Å²) in [6, 6.07) is 0. The van der Waals surface area contributed by atoms with E-state index in [0.717, 1.165) is 0 Å². The number of ether oxygens (including phenoxy) is 1. The van der Waals surface area contributed by atoms with Gasteiger partial charge in [0, 0.05) is 25.1 Å². The van der Waals surface area contributed by atoms with Crippen molar-refractivity contribution in [3.8, 4) is 5.75 Å². The molecule has 0 radical (unpaired) electrons. The summed E-state index contributed by atoms with van der Waals surface area (Å²) in [5.74, 6) is -0.277. The zero-order chi connectivity index (χ0) is 15.7. The van der Waals surface area contributed by atoms with Crippen molar-refractivity contribution in [2.45, 2.75) is 32.4 Å². The highest BCUT2D eigenvalue weighted by molar-refractivity contribution is 5.96. The SMILES string of the molecule is COc1c2n3c(c(C)c1=O)C(O)C(C)C3(C)CN(C)C2=O. The van der Waals surface area contributed by atoms with Crippen LogP contribution >= 0.6 is 0 Å². The maximum Gasteiger partial charge on any atom is 0.274 e. The average Bonchev–Trinajstić information content (AvgIpc) is 2.63. The molecule has 1 aromatic heterocycles. The van der Waals surface area contributed by atoms with Gasteiger partial charge in [0.05, 0.1) is 24.4 Å². The standard InChI is InChI=1S/C15H20N2O4/c1-7-9-12(19)8(2)15(3)6-16(4)14(20)10(17(9)15)13(21-5)11(7)18/h8,12,19H,6H2,1-5H3. The molecule has 1 aromatic rings. The highest BCUT2D eigenvalue weighted by Crippen LogP contribution is 2.49. The lowest BCUT2D eigenvalue weighted by Crippen LogP contribution is -2.52. The molecule has 3 atom stereocenters. The molecule has 0 bridgehead atoms. The van der Waals surface area contributed by atoms with Crippen LogP contribution < -0.4 is 10.2 Å². The lowest BCUT2D eigenvalue weighted by molar-refractivity contribution is 0.0422. The fourth-order valence-corrected chi connectivity index (χ4v) is 3.78. The van der Waals surface area contributed by atoms with Crippen molar-refractivity contribution >= 4 is 5.91 Å². The summed E-state index contributed by atoms with van der Waals surface area (Å²) in [6.07, 6.45) is -0.758. The highest BCUT2D eigenvalue weighted by Gasteiger charge is 2.53. The molecule has 3 heterocycles. The molecule has 2 aliphatic rings. The third kappa shape index (κ3) is 1.46. The van der Waals surface area contributed by atoms with Crippen molar-refractivity contribution in [2.24, 2.45) is 5.92 Å². The maximum atomic E-state index is 12.5. The summed E-state index contributed by atoms with van der Waals surface area (Å²) < 4.78 is 7.06. The van der Waals surface area contributed by atoms with Crippen molar-refractivity contribution in [3.63, 3.8) is 0 Å². The molecular formula is C15H20N2O4. The first kappa shape index (κ1) is 14.1. The number of methoxy groups -OCH3 is 1. The van der Waals surface area contributed by atoms with E-state index in [1.54, 1.807) is 18.9 Å². The monoisotopic (exact) mass is 292 g/mol. The van der Waals surface area contributed by atoms with Crippen molar-refractivity contribution in [1.29, 1.82) is 0 Å². The van der Waals surface area contributed by atoms with E-state index >= 15 is 0 Å². The van der Waals surface area contributed by atoms with Gasteiger partial charge in [-0.1, -0.05) is 6.92 Å². The van der Waals surface area contributed by atoms with E-state index in [1.165, 1.54) is 7.11 Å². The van der Waals surface area contributed by atoms with Gasteiger partial charge in [0.1, 0.15) is 0 Å². The normalized spacial score (nSPS) is 30.6. The van der Waals surface area contributed by atoms with Gasteiger partial charge in [0.15, 0.2) is 11.4 Å². The third-order valence-corrected chi connectivity index (χ3v) is 5.17. The molecule has 0 spiro atoms. The fourth-order valence-electron chi connectivity index (χ4n) is 3.78. The lowest BCUT2D eigenvalue weighted by Gasteiger charge is -2.42. The van der Waals surface area contributed by atoms with Gasteiger partial charge in [-0.2, -0.15) is 0 Å². The van der Waals surface area contributed by atoms with Gasteiger partial charge in [-0.25, -0.2) is 0 Å². The van der Waals surface area contributed by atoms with Crippen LogP contribution in [-0.2, 0) is 5.54 Å². The second-order valence-electron chi connectivity index (χ2n) is 6.31. The Hall–Kier alpha value is -1.82. The number of pyridine rings is 1. The summed E-state index contributed by atoms with van der Waals surface area (Å²) in [5.41, 5.74) is 0.488. The van der Waals surface area contributed by atoms with Crippen LogP contribution in [0.1, 0.15) is 41.7 Å². The fraction of sp³-hybridized carbons (Fsp3) is 0.600.